The predicted octanol–water partition coefficient (Wildman–Crippen LogP) is 5.82. The zero-order valence-electron chi connectivity index (χ0n) is 19.4. The first kappa shape index (κ1) is 22.5. The second-order valence-corrected chi connectivity index (χ2v) is 8.16. The molecule has 0 saturated heterocycles. The number of unbranched alkanes of at least 4 members (excludes halogenated alkanes) is 1. The van der Waals surface area contributed by atoms with Gasteiger partial charge in [0.05, 0.1) is 29.0 Å². The monoisotopic (exact) mass is 467 g/mol. The molecule has 0 unspecified atom stereocenters. The molecule has 2 N–H and O–H groups in total. The van der Waals surface area contributed by atoms with Crippen LogP contribution in [0.2, 0.25) is 0 Å². The van der Waals surface area contributed by atoms with Crippen LogP contribution in [-0.4, -0.2) is 31.1 Å². The maximum atomic E-state index is 13.7. The van der Waals surface area contributed by atoms with Gasteiger partial charge in [-0.2, -0.15) is 5.10 Å². The van der Waals surface area contributed by atoms with Crippen molar-refractivity contribution >= 4 is 17.3 Å². The molecule has 0 aliphatic rings. The number of fused-ring (bicyclic) bond motifs is 1. The molecule has 5 rings (SSSR count). The van der Waals surface area contributed by atoms with Crippen LogP contribution in [0.25, 0.3) is 28.0 Å². The molecule has 176 valence electrons. The normalized spacial score (nSPS) is 11.0. The topological polar surface area (TPSA) is 80.0 Å². The molecule has 0 bridgehead atoms. The molecule has 0 aliphatic heterocycles. The number of hydrogen-bond acceptors (Lipinski definition) is 6. The van der Waals surface area contributed by atoms with Gasteiger partial charge in [0.2, 0.25) is 5.95 Å². The maximum absolute atomic E-state index is 13.7. The van der Waals surface area contributed by atoms with E-state index in [1.54, 1.807) is 24.5 Å². The van der Waals surface area contributed by atoms with Gasteiger partial charge in [0.1, 0.15) is 17.3 Å². The fourth-order valence-electron chi connectivity index (χ4n) is 3.91. The standard InChI is InChI=1S/C27H26FN7/c1-2-3-15-30-24-9-6-8-23-25(26(34-35(23)24)19-10-12-20(28)13-11-19)22-14-17-31-27(33-22)32-18-21-7-4-5-16-29-21/h4-14,16-17,30H,2-3,15,18H2,1H3,(H,31,32,33). The Bertz CT molecular complexity index is 1420. The second-order valence-electron chi connectivity index (χ2n) is 8.16. The quantitative estimate of drug-likeness (QED) is 0.266. The fourth-order valence-corrected chi connectivity index (χ4v) is 3.91. The lowest BCUT2D eigenvalue weighted by atomic mass is 10.0. The smallest absolute Gasteiger partial charge is 0.223 e. The van der Waals surface area contributed by atoms with Crippen LogP contribution in [0.15, 0.2) is 79.1 Å². The van der Waals surface area contributed by atoms with Crippen molar-refractivity contribution in [3.8, 4) is 22.5 Å². The highest BCUT2D eigenvalue weighted by molar-refractivity contribution is 5.91. The molecule has 4 aromatic heterocycles. The number of anilines is 2. The zero-order valence-corrected chi connectivity index (χ0v) is 19.4. The Hall–Kier alpha value is -4.33. The van der Waals surface area contributed by atoms with Gasteiger partial charge in [-0.3, -0.25) is 4.98 Å². The molecule has 0 atom stereocenters. The van der Waals surface area contributed by atoms with Gasteiger partial charge in [-0.1, -0.05) is 25.5 Å². The predicted molar refractivity (Wildman–Crippen MR) is 137 cm³/mol. The van der Waals surface area contributed by atoms with Gasteiger partial charge in [0, 0.05) is 24.5 Å². The van der Waals surface area contributed by atoms with Crippen molar-refractivity contribution in [1.29, 1.82) is 0 Å². The van der Waals surface area contributed by atoms with Gasteiger partial charge in [-0.05, 0) is 61.0 Å². The van der Waals surface area contributed by atoms with Crippen LogP contribution in [0.1, 0.15) is 25.5 Å². The summed E-state index contributed by atoms with van der Waals surface area (Å²) in [6, 6.07) is 20.1. The summed E-state index contributed by atoms with van der Waals surface area (Å²) in [6.45, 7) is 3.52. The van der Waals surface area contributed by atoms with E-state index in [4.69, 9.17) is 10.1 Å². The molecule has 0 saturated carbocycles. The van der Waals surface area contributed by atoms with Crippen LogP contribution < -0.4 is 10.6 Å². The molecule has 0 aliphatic carbocycles. The van der Waals surface area contributed by atoms with Gasteiger partial charge >= 0.3 is 0 Å². The number of rotatable bonds is 9. The number of hydrogen-bond donors (Lipinski definition) is 2. The Morgan fingerprint density at radius 3 is 2.57 bits per heavy atom. The van der Waals surface area contributed by atoms with Gasteiger partial charge < -0.3 is 10.6 Å². The van der Waals surface area contributed by atoms with Crippen molar-refractivity contribution in [2.45, 2.75) is 26.3 Å². The Labute approximate surface area is 203 Å². The van der Waals surface area contributed by atoms with E-state index in [0.717, 1.165) is 58.9 Å². The highest BCUT2D eigenvalue weighted by Gasteiger charge is 2.19. The third kappa shape index (κ3) is 4.96. The fraction of sp³-hybridized carbons (Fsp3) is 0.185. The Kier molecular flexibility index (Phi) is 6.61. The van der Waals surface area contributed by atoms with Crippen molar-refractivity contribution in [1.82, 2.24) is 24.6 Å². The highest BCUT2D eigenvalue weighted by atomic mass is 19.1. The van der Waals surface area contributed by atoms with E-state index in [2.05, 4.69) is 27.5 Å². The minimum atomic E-state index is -0.288. The van der Waals surface area contributed by atoms with Crippen LogP contribution in [0, 0.1) is 5.82 Å². The summed E-state index contributed by atoms with van der Waals surface area (Å²) < 4.78 is 15.6. The lowest BCUT2D eigenvalue weighted by Gasteiger charge is -2.09. The van der Waals surface area contributed by atoms with Gasteiger partial charge in [-0.15, -0.1) is 0 Å². The van der Waals surface area contributed by atoms with Gasteiger partial charge in [-0.25, -0.2) is 18.9 Å². The zero-order chi connectivity index (χ0) is 24.0. The van der Waals surface area contributed by atoms with E-state index >= 15 is 0 Å². The van der Waals surface area contributed by atoms with E-state index in [0.29, 0.717) is 12.5 Å². The first-order valence-corrected chi connectivity index (χ1v) is 11.7. The molecule has 7 nitrogen and oxygen atoms in total. The van der Waals surface area contributed by atoms with E-state index in [9.17, 15) is 4.39 Å². The van der Waals surface area contributed by atoms with Crippen LogP contribution in [0.4, 0.5) is 16.2 Å². The van der Waals surface area contributed by atoms with Crippen molar-refractivity contribution in [3.63, 3.8) is 0 Å². The average Bonchev–Trinajstić information content (AvgIpc) is 3.29. The number of benzene rings is 1. The summed E-state index contributed by atoms with van der Waals surface area (Å²) >= 11 is 0. The molecule has 0 amide bonds. The summed E-state index contributed by atoms with van der Waals surface area (Å²) in [5.41, 5.74) is 4.92. The highest BCUT2D eigenvalue weighted by Crippen LogP contribution is 2.35. The first-order valence-electron chi connectivity index (χ1n) is 11.7. The molecule has 0 fully saturated rings. The second kappa shape index (κ2) is 10.3. The summed E-state index contributed by atoms with van der Waals surface area (Å²) in [7, 11) is 0. The molecular weight excluding hydrogens is 441 g/mol. The largest absolute Gasteiger partial charge is 0.370 e. The van der Waals surface area contributed by atoms with Gasteiger partial charge in [0.15, 0.2) is 0 Å². The molecule has 0 spiro atoms. The maximum Gasteiger partial charge on any atom is 0.223 e. The summed E-state index contributed by atoms with van der Waals surface area (Å²) in [5.74, 6) is 1.10. The van der Waals surface area contributed by atoms with E-state index in [1.165, 1.54) is 12.1 Å². The third-order valence-electron chi connectivity index (χ3n) is 5.68. The van der Waals surface area contributed by atoms with Crippen LogP contribution >= 0.6 is 0 Å². The number of aromatic nitrogens is 5. The number of pyridine rings is 2. The minimum absolute atomic E-state index is 0.288. The molecular formula is C27H26FN7. The number of nitrogens with one attached hydrogen (secondary N) is 2. The van der Waals surface area contributed by atoms with Gasteiger partial charge in [0.25, 0.3) is 0 Å². The van der Waals surface area contributed by atoms with Crippen molar-refractivity contribution < 1.29 is 4.39 Å². The molecule has 8 heteroatoms. The first-order chi connectivity index (χ1) is 17.2. The lowest BCUT2D eigenvalue weighted by Crippen LogP contribution is -2.06. The van der Waals surface area contributed by atoms with Crippen LogP contribution in [0.3, 0.4) is 0 Å². The van der Waals surface area contributed by atoms with E-state index in [1.807, 2.05) is 47.0 Å². The summed E-state index contributed by atoms with van der Waals surface area (Å²) in [5, 5.41) is 11.7. The molecule has 1 aromatic carbocycles. The molecule has 4 heterocycles. The Morgan fingerprint density at radius 1 is 0.886 bits per heavy atom. The Balaban J connectivity index is 1.58. The van der Waals surface area contributed by atoms with Crippen molar-refractivity contribution in [2.75, 3.05) is 17.2 Å². The summed E-state index contributed by atoms with van der Waals surface area (Å²) in [6.07, 6.45) is 5.65. The van der Waals surface area contributed by atoms with Crippen molar-refractivity contribution in [2.24, 2.45) is 0 Å². The number of halogens is 1. The van der Waals surface area contributed by atoms with E-state index in [-0.39, 0.29) is 5.82 Å². The Morgan fingerprint density at radius 2 is 1.77 bits per heavy atom. The molecule has 35 heavy (non-hydrogen) atoms. The SMILES string of the molecule is CCCCNc1cccc2c(-c3ccnc(NCc4ccccn4)n3)c(-c3ccc(F)cc3)nn12. The molecule has 0 radical (unpaired) electrons. The number of nitrogens with zero attached hydrogens (tertiary/aromatic N) is 5. The average molecular weight is 468 g/mol. The molecule has 5 aromatic rings. The van der Waals surface area contributed by atoms with E-state index < -0.39 is 0 Å². The van der Waals surface area contributed by atoms with Crippen molar-refractivity contribution in [3.05, 3.63) is 90.6 Å². The lowest BCUT2D eigenvalue weighted by molar-refractivity contribution is 0.628. The van der Waals surface area contributed by atoms with Crippen LogP contribution in [0.5, 0.6) is 0 Å². The minimum Gasteiger partial charge on any atom is -0.370 e. The third-order valence-corrected chi connectivity index (χ3v) is 5.68. The van der Waals surface area contributed by atoms with Crippen LogP contribution in [-0.2, 0) is 6.54 Å². The summed E-state index contributed by atoms with van der Waals surface area (Å²) in [4.78, 5) is 13.5.